The van der Waals surface area contributed by atoms with Gasteiger partial charge in [-0.1, -0.05) is 36.7 Å². The van der Waals surface area contributed by atoms with Crippen LogP contribution in [0, 0.1) is 0 Å². The Balaban J connectivity index is 2.77. The van der Waals surface area contributed by atoms with Gasteiger partial charge in [-0.3, -0.25) is 0 Å². The van der Waals surface area contributed by atoms with E-state index in [1.807, 2.05) is 31.2 Å². The van der Waals surface area contributed by atoms with Crippen molar-refractivity contribution in [1.29, 1.82) is 0 Å². The lowest BCUT2D eigenvalue weighted by molar-refractivity contribution is -0.0461. The van der Waals surface area contributed by atoms with E-state index in [4.69, 9.17) is 22.1 Å². The zero-order chi connectivity index (χ0) is 12.9. The van der Waals surface area contributed by atoms with Gasteiger partial charge in [-0.05, 0) is 38.3 Å². The molecule has 2 atom stereocenters. The third-order valence-electron chi connectivity index (χ3n) is 3.36. The normalized spacial score (nSPS) is 16.5. The van der Waals surface area contributed by atoms with Crippen LogP contribution in [-0.2, 0) is 11.2 Å². The number of benzene rings is 1. The summed E-state index contributed by atoms with van der Waals surface area (Å²) < 4.78 is 5.78. The monoisotopic (exact) mass is 255 g/mol. The van der Waals surface area contributed by atoms with Crippen molar-refractivity contribution in [3.05, 3.63) is 34.9 Å². The fourth-order valence-electron chi connectivity index (χ4n) is 1.92. The summed E-state index contributed by atoms with van der Waals surface area (Å²) in [5.41, 5.74) is 7.07. The van der Waals surface area contributed by atoms with E-state index in [-0.39, 0.29) is 11.6 Å². The molecule has 0 aliphatic heterocycles. The van der Waals surface area contributed by atoms with E-state index in [2.05, 4.69) is 13.8 Å². The summed E-state index contributed by atoms with van der Waals surface area (Å²) >= 11 is 6.14. The zero-order valence-corrected chi connectivity index (χ0v) is 11.6. The van der Waals surface area contributed by atoms with Gasteiger partial charge in [-0.25, -0.2) is 0 Å². The van der Waals surface area contributed by atoms with Crippen LogP contribution in [0.3, 0.4) is 0 Å². The quantitative estimate of drug-likeness (QED) is 0.846. The fourth-order valence-corrected chi connectivity index (χ4v) is 2.13. The molecule has 1 aromatic carbocycles. The van der Waals surface area contributed by atoms with Gasteiger partial charge < -0.3 is 10.5 Å². The van der Waals surface area contributed by atoms with Crippen molar-refractivity contribution in [3.63, 3.8) is 0 Å². The highest BCUT2D eigenvalue weighted by Crippen LogP contribution is 2.24. The van der Waals surface area contributed by atoms with Gasteiger partial charge in [0.25, 0.3) is 0 Å². The SMILES string of the molecule is CCOC(C)(CC)C(N)Cc1ccccc1Cl. The molecule has 0 bridgehead atoms. The lowest BCUT2D eigenvalue weighted by atomic mass is 9.89. The van der Waals surface area contributed by atoms with E-state index in [1.165, 1.54) is 0 Å². The molecule has 0 heterocycles. The molecule has 1 aromatic rings. The first kappa shape index (κ1) is 14.5. The van der Waals surface area contributed by atoms with Crippen LogP contribution in [0.5, 0.6) is 0 Å². The molecule has 0 saturated heterocycles. The van der Waals surface area contributed by atoms with Crippen molar-refractivity contribution in [2.24, 2.45) is 5.73 Å². The van der Waals surface area contributed by atoms with Gasteiger partial charge in [0.15, 0.2) is 0 Å². The number of nitrogens with two attached hydrogens (primary N) is 1. The summed E-state index contributed by atoms with van der Waals surface area (Å²) in [6, 6.07) is 7.78. The molecule has 2 N–H and O–H groups in total. The maximum absolute atomic E-state index is 6.27. The summed E-state index contributed by atoms with van der Waals surface area (Å²) in [5.74, 6) is 0. The molecule has 0 aliphatic rings. The third-order valence-corrected chi connectivity index (χ3v) is 3.73. The number of hydrogen-bond acceptors (Lipinski definition) is 2. The first-order valence-electron chi connectivity index (χ1n) is 6.16. The molecule has 3 heteroatoms. The van der Waals surface area contributed by atoms with Crippen molar-refractivity contribution in [2.75, 3.05) is 6.61 Å². The second-order valence-corrected chi connectivity index (χ2v) is 4.91. The molecule has 0 aromatic heterocycles. The molecule has 0 radical (unpaired) electrons. The Morgan fingerprint density at radius 3 is 2.53 bits per heavy atom. The maximum Gasteiger partial charge on any atom is 0.0805 e. The molecular formula is C14H22ClNO. The fraction of sp³-hybridized carbons (Fsp3) is 0.571. The molecule has 1 rings (SSSR count). The minimum Gasteiger partial charge on any atom is -0.374 e. The first-order chi connectivity index (χ1) is 8.03. The van der Waals surface area contributed by atoms with Crippen molar-refractivity contribution in [1.82, 2.24) is 0 Å². The molecular weight excluding hydrogens is 234 g/mol. The van der Waals surface area contributed by atoms with Gasteiger partial charge in [-0.15, -0.1) is 0 Å². The second-order valence-electron chi connectivity index (χ2n) is 4.50. The van der Waals surface area contributed by atoms with Crippen LogP contribution >= 0.6 is 11.6 Å². The predicted octanol–water partition coefficient (Wildman–Crippen LogP) is 3.42. The van der Waals surface area contributed by atoms with Crippen LogP contribution < -0.4 is 5.73 Å². The van der Waals surface area contributed by atoms with Crippen LogP contribution in [0.4, 0.5) is 0 Å². The summed E-state index contributed by atoms with van der Waals surface area (Å²) in [5, 5.41) is 0.776. The van der Waals surface area contributed by atoms with Crippen molar-refractivity contribution >= 4 is 11.6 Å². The van der Waals surface area contributed by atoms with Crippen LogP contribution in [0.25, 0.3) is 0 Å². The average Bonchev–Trinajstić information content (AvgIpc) is 2.32. The lowest BCUT2D eigenvalue weighted by Crippen LogP contribution is -2.48. The standard InChI is InChI=1S/C14H22ClNO/c1-4-14(3,17-5-2)13(16)10-11-8-6-7-9-12(11)15/h6-9,13H,4-5,10,16H2,1-3H3. The summed E-state index contributed by atoms with van der Waals surface area (Å²) in [6.07, 6.45) is 1.64. The zero-order valence-electron chi connectivity index (χ0n) is 10.9. The Morgan fingerprint density at radius 2 is 2.00 bits per heavy atom. The topological polar surface area (TPSA) is 35.2 Å². The Labute approximate surface area is 109 Å². The molecule has 2 unspecified atom stereocenters. The van der Waals surface area contributed by atoms with Crippen molar-refractivity contribution in [3.8, 4) is 0 Å². The largest absolute Gasteiger partial charge is 0.374 e. The number of halogens is 1. The van der Waals surface area contributed by atoms with E-state index in [9.17, 15) is 0 Å². The number of rotatable bonds is 6. The Morgan fingerprint density at radius 1 is 1.35 bits per heavy atom. The minimum absolute atomic E-state index is 0.0488. The van der Waals surface area contributed by atoms with E-state index in [1.54, 1.807) is 0 Å². The maximum atomic E-state index is 6.27. The minimum atomic E-state index is -0.284. The molecule has 0 amide bonds. The summed E-state index contributed by atoms with van der Waals surface area (Å²) in [4.78, 5) is 0. The number of ether oxygens (including phenoxy) is 1. The Kier molecular flexibility index (Phi) is 5.44. The van der Waals surface area contributed by atoms with Gasteiger partial charge in [-0.2, -0.15) is 0 Å². The summed E-state index contributed by atoms with van der Waals surface area (Å²) in [6.45, 7) is 6.84. The van der Waals surface area contributed by atoms with Crippen LogP contribution in [0.2, 0.25) is 5.02 Å². The molecule has 0 spiro atoms. The van der Waals surface area contributed by atoms with E-state index in [0.717, 1.165) is 23.4 Å². The smallest absolute Gasteiger partial charge is 0.0805 e. The molecule has 96 valence electrons. The van der Waals surface area contributed by atoms with Crippen LogP contribution in [0.15, 0.2) is 24.3 Å². The Bertz CT molecular complexity index is 356. The average molecular weight is 256 g/mol. The van der Waals surface area contributed by atoms with E-state index >= 15 is 0 Å². The van der Waals surface area contributed by atoms with Gasteiger partial charge in [0, 0.05) is 17.7 Å². The second kappa shape index (κ2) is 6.39. The van der Waals surface area contributed by atoms with Crippen molar-refractivity contribution < 1.29 is 4.74 Å². The molecule has 0 fully saturated rings. The van der Waals surface area contributed by atoms with Crippen LogP contribution in [-0.4, -0.2) is 18.2 Å². The van der Waals surface area contributed by atoms with Crippen LogP contribution in [0.1, 0.15) is 32.8 Å². The van der Waals surface area contributed by atoms with Gasteiger partial charge in [0.2, 0.25) is 0 Å². The molecule has 2 nitrogen and oxygen atoms in total. The molecule has 17 heavy (non-hydrogen) atoms. The van der Waals surface area contributed by atoms with Gasteiger partial charge in [0.1, 0.15) is 0 Å². The highest BCUT2D eigenvalue weighted by atomic mass is 35.5. The number of hydrogen-bond donors (Lipinski definition) is 1. The summed E-state index contributed by atoms with van der Waals surface area (Å²) in [7, 11) is 0. The highest BCUT2D eigenvalue weighted by Gasteiger charge is 2.30. The van der Waals surface area contributed by atoms with Crippen molar-refractivity contribution in [2.45, 2.75) is 45.3 Å². The predicted molar refractivity (Wildman–Crippen MR) is 73.5 cm³/mol. The first-order valence-corrected chi connectivity index (χ1v) is 6.54. The highest BCUT2D eigenvalue weighted by molar-refractivity contribution is 6.31. The lowest BCUT2D eigenvalue weighted by Gasteiger charge is -2.34. The molecule has 0 aliphatic carbocycles. The molecule has 0 saturated carbocycles. The van der Waals surface area contributed by atoms with Gasteiger partial charge >= 0.3 is 0 Å². The van der Waals surface area contributed by atoms with E-state index in [0.29, 0.717) is 6.61 Å². The van der Waals surface area contributed by atoms with E-state index < -0.39 is 0 Å². The Hall–Kier alpha value is -0.570. The van der Waals surface area contributed by atoms with Gasteiger partial charge in [0.05, 0.1) is 5.60 Å². The third kappa shape index (κ3) is 3.70.